The summed E-state index contributed by atoms with van der Waals surface area (Å²) in [7, 11) is 4.06. The predicted molar refractivity (Wildman–Crippen MR) is 126 cm³/mol. The molecular weight excluding hydrogens is 408 g/mol. The smallest absolute Gasteiger partial charge is 0.311 e. The molecular formula is C25H33N2O3S+. The molecule has 1 saturated carbocycles. The first-order chi connectivity index (χ1) is 14.7. The average molecular weight is 442 g/mol. The third-order valence-electron chi connectivity index (χ3n) is 6.49. The van der Waals surface area contributed by atoms with E-state index in [4.69, 9.17) is 14.5 Å². The molecule has 6 heteroatoms. The van der Waals surface area contributed by atoms with Crippen LogP contribution >= 0.6 is 11.3 Å². The number of para-hydroxylation sites is 1. The van der Waals surface area contributed by atoms with Gasteiger partial charge in [0.15, 0.2) is 11.4 Å². The highest BCUT2D eigenvalue weighted by Gasteiger charge is 2.44. The van der Waals surface area contributed by atoms with Crippen LogP contribution in [0.4, 0.5) is 5.69 Å². The van der Waals surface area contributed by atoms with Gasteiger partial charge >= 0.3 is 5.97 Å². The lowest BCUT2D eigenvalue weighted by Crippen LogP contribution is -2.48. The van der Waals surface area contributed by atoms with Crippen LogP contribution in [0.15, 0.2) is 29.8 Å². The Hall–Kier alpha value is -2.18. The minimum absolute atomic E-state index is 0.207. The summed E-state index contributed by atoms with van der Waals surface area (Å²) in [6, 6.07) is 6.84. The molecule has 1 aromatic carbocycles. The minimum atomic E-state index is -0.511. The van der Waals surface area contributed by atoms with E-state index in [1.165, 1.54) is 43.4 Å². The van der Waals surface area contributed by atoms with Gasteiger partial charge in [0.2, 0.25) is 0 Å². The molecule has 0 amide bonds. The number of benzene rings is 1. The molecule has 1 aliphatic heterocycles. The van der Waals surface area contributed by atoms with Crippen LogP contribution < -0.4 is 9.22 Å². The molecule has 1 aromatic heterocycles. The lowest BCUT2D eigenvalue weighted by molar-refractivity contribution is -0.154. The van der Waals surface area contributed by atoms with Crippen LogP contribution in [0.1, 0.15) is 69.1 Å². The van der Waals surface area contributed by atoms with Gasteiger partial charge in [-0.2, -0.15) is 0 Å². The second-order valence-corrected chi connectivity index (χ2v) is 10.7. The summed E-state index contributed by atoms with van der Waals surface area (Å²) in [5.41, 5.74) is 4.00. The number of rotatable bonds is 5. The van der Waals surface area contributed by atoms with E-state index < -0.39 is 5.41 Å². The zero-order chi connectivity index (χ0) is 22.2. The van der Waals surface area contributed by atoms with Gasteiger partial charge in [-0.3, -0.25) is 9.28 Å². The molecule has 2 aliphatic rings. The van der Waals surface area contributed by atoms with Gasteiger partial charge in [0.1, 0.15) is 17.8 Å². The molecule has 1 unspecified atom stereocenters. The van der Waals surface area contributed by atoms with Gasteiger partial charge in [-0.05, 0) is 45.7 Å². The largest absolute Gasteiger partial charge is 0.491 e. The fraction of sp³-hybridized carbons (Fsp3) is 0.520. The Bertz CT molecular complexity index is 998. The molecule has 0 radical (unpaired) electrons. The van der Waals surface area contributed by atoms with Crippen molar-refractivity contribution in [2.75, 3.05) is 14.2 Å². The van der Waals surface area contributed by atoms with E-state index in [9.17, 15) is 4.79 Å². The number of quaternary nitrogens is 1. The number of aromatic nitrogens is 1. The van der Waals surface area contributed by atoms with E-state index in [0.717, 1.165) is 26.5 Å². The van der Waals surface area contributed by atoms with E-state index in [1.54, 1.807) is 18.4 Å². The first-order valence-electron chi connectivity index (χ1n) is 11.1. The molecule has 31 heavy (non-hydrogen) atoms. The highest BCUT2D eigenvalue weighted by molar-refractivity contribution is 7.09. The Kier molecular flexibility index (Phi) is 5.97. The number of methoxy groups -OCH3 is 1. The predicted octanol–water partition coefficient (Wildman–Crippen LogP) is 5.91. The Morgan fingerprint density at radius 3 is 2.65 bits per heavy atom. The number of hydrogen-bond acceptors (Lipinski definition) is 5. The second kappa shape index (κ2) is 8.40. The number of nitrogens with zero attached hydrogens (tertiary/aromatic N) is 2. The summed E-state index contributed by atoms with van der Waals surface area (Å²) in [6.07, 6.45) is 8.71. The molecule has 166 valence electrons. The van der Waals surface area contributed by atoms with Gasteiger partial charge < -0.3 is 9.47 Å². The van der Waals surface area contributed by atoms with Crippen LogP contribution in [0.25, 0.3) is 5.57 Å². The molecule has 1 atom stereocenters. The maximum absolute atomic E-state index is 12.1. The normalized spacial score (nSPS) is 21.5. The molecule has 1 fully saturated rings. The monoisotopic (exact) mass is 441 g/mol. The highest BCUT2D eigenvalue weighted by Crippen LogP contribution is 2.50. The number of thiazole rings is 1. The van der Waals surface area contributed by atoms with Crippen molar-refractivity contribution >= 4 is 28.6 Å². The van der Waals surface area contributed by atoms with E-state index >= 15 is 0 Å². The summed E-state index contributed by atoms with van der Waals surface area (Å²) in [5.74, 6) is 0.729. The quantitative estimate of drug-likeness (QED) is 0.427. The SMILES string of the molecule is COc1cccc2c1[N+](C)(C1CCCCC1)C=C2c1csc(COC(=O)C(C)(C)C)n1. The van der Waals surface area contributed by atoms with Crippen molar-refractivity contribution in [3.8, 4) is 5.75 Å². The van der Waals surface area contributed by atoms with Gasteiger partial charge in [-0.15, -0.1) is 11.3 Å². The molecule has 4 rings (SSSR count). The Morgan fingerprint density at radius 1 is 1.23 bits per heavy atom. The summed E-state index contributed by atoms with van der Waals surface area (Å²) in [6.45, 7) is 5.80. The Labute approximate surface area is 189 Å². The molecule has 0 saturated heterocycles. The third kappa shape index (κ3) is 4.15. The van der Waals surface area contributed by atoms with Crippen LogP contribution in [-0.4, -0.2) is 31.2 Å². The number of esters is 1. The fourth-order valence-corrected chi connectivity index (χ4v) is 5.46. The van der Waals surface area contributed by atoms with Gasteiger partial charge in [0.25, 0.3) is 0 Å². The first kappa shape index (κ1) is 22.0. The first-order valence-corrected chi connectivity index (χ1v) is 12.0. The second-order valence-electron chi connectivity index (χ2n) is 9.79. The number of carbonyl (C=O) groups is 1. The lowest BCUT2D eigenvalue weighted by atomic mass is 9.92. The maximum Gasteiger partial charge on any atom is 0.311 e. The van der Waals surface area contributed by atoms with Crippen molar-refractivity contribution in [3.05, 3.63) is 46.0 Å². The van der Waals surface area contributed by atoms with Crippen molar-refractivity contribution in [1.82, 2.24) is 9.47 Å². The minimum Gasteiger partial charge on any atom is -0.491 e. The topological polar surface area (TPSA) is 48.4 Å². The summed E-state index contributed by atoms with van der Waals surface area (Å²) < 4.78 is 12.0. The van der Waals surface area contributed by atoms with Gasteiger partial charge in [-0.1, -0.05) is 12.5 Å². The molecule has 0 N–H and O–H groups in total. The van der Waals surface area contributed by atoms with Gasteiger partial charge in [0.05, 0.1) is 42.4 Å². The van der Waals surface area contributed by atoms with Crippen molar-refractivity contribution < 1.29 is 14.3 Å². The van der Waals surface area contributed by atoms with E-state index in [0.29, 0.717) is 6.04 Å². The molecule has 2 aromatic rings. The van der Waals surface area contributed by atoms with Crippen molar-refractivity contribution in [2.24, 2.45) is 5.41 Å². The van der Waals surface area contributed by atoms with Crippen LogP contribution in [0.3, 0.4) is 0 Å². The number of carbonyl (C=O) groups excluding carboxylic acids is 1. The third-order valence-corrected chi connectivity index (χ3v) is 7.31. The van der Waals surface area contributed by atoms with Gasteiger partial charge in [0, 0.05) is 18.2 Å². The van der Waals surface area contributed by atoms with E-state index in [-0.39, 0.29) is 12.6 Å². The van der Waals surface area contributed by atoms with E-state index in [1.807, 2.05) is 20.8 Å². The van der Waals surface area contributed by atoms with Crippen LogP contribution in [0.5, 0.6) is 5.75 Å². The number of hydrogen-bond donors (Lipinski definition) is 0. The Balaban J connectivity index is 1.67. The maximum atomic E-state index is 12.1. The lowest BCUT2D eigenvalue weighted by Gasteiger charge is -2.38. The van der Waals surface area contributed by atoms with Crippen molar-refractivity contribution in [1.29, 1.82) is 0 Å². The van der Waals surface area contributed by atoms with E-state index in [2.05, 4.69) is 36.8 Å². The zero-order valence-electron chi connectivity index (χ0n) is 19.2. The molecule has 1 aliphatic carbocycles. The standard InChI is InChI=1S/C25H33N2O3S/c1-25(2,3)24(28)30-15-22-26-20(16-31-22)19-14-27(4,17-10-7-6-8-11-17)23-18(19)12-9-13-21(23)29-5/h9,12-14,16-17H,6-8,10-11,15H2,1-5H3/q+1. The van der Waals surface area contributed by atoms with Gasteiger partial charge in [-0.25, -0.2) is 4.98 Å². The number of ether oxygens (including phenoxy) is 2. The molecule has 0 bridgehead atoms. The molecule has 5 nitrogen and oxygen atoms in total. The molecule has 0 spiro atoms. The average Bonchev–Trinajstić information content (AvgIpc) is 3.35. The van der Waals surface area contributed by atoms with Crippen LogP contribution in [-0.2, 0) is 16.1 Å². The highest BCUT2D eigenvalue weighted by atomic mass is 32.1. The Morgan fingerprint density at radius 2 is 1.97 bits per heavy atom. The van der Waals surface area contributed by atoms with Crippen molar-refractivity contribution in [2.45, 2.75) is 65.5 Å². The molecule has 2 heterocycles. The summed E-state index contributed by atoms with van der Waals surface area (Å²) in [5, 5.41) is 2.89. The van der Waals surface area contributed by atoms with Crippen LogP contribution in [0, 0.1) is 5.41 Å². The fourth-order valence-electron chi connectivity index (χ4n) is 4.76. The van der Waals surface area contributed by atoms with Crippen molar-refractivity contribution in [3.63, 3.8) is 0 Å². The van der Waals surface area contributed by atoms with Crippen LogP contribution in [0.2, 0.25) is 0 Å². The summed E-state index contributed by atoms with van der Waals surface area (Å²) in [4.78, 5) is 17.0. The summed E-state index contributed by atoms with van der Waals surface area (Å²) >= 11 is 1.54. The number of fused-ring (bicyclic) bond motifs is 1. The zero-order valence-corrected chi connectivity index (χ0v) is 20.1.